The summed E-state index contributed by atoms with van der Waals surface area (Å²) in [5.41, 5.74) is 0. The number of rotatable bonds is 6. The van der Waals surface area contributed by atoms with E-state index in [1.54, 1.807) is 11.3 Å². The van der Waals surface area contributed by atoms with Crippen molar-refractivity contribution in [2.45, 2.75) is 19.9 Å². The molecule has 3 aromatic rings. The first-order valence-corrected chi connectivity index (χ1v) is 11.7. The van der Waals surface area contributed by atoms with Crippen LogP contribution in [0.4, 0.5) is 5.00 Å². The fourth-order valence-corrected chi connectivity index (χ4v) is 4.84. The fourth-order valence-electron chi connectivity index (χ4n) is 3.34. The molecule has 0 saturated carbocycles. The number of piperazine rings is 1. The van der Waals surface area contributed by atoms with Crippen molar-refractivity contribution >= 4 is 57.6 Å². The first-order valence-electron chi connectivity index (χ1n) is 9.89. The molecule has 1 N–H and O–H groups in total. The molecule has 0 aliphatic carbocycles. The van der Waals surface area contributed by atoms with E-state index in [1.165, 1.54) is 9.88 Å². The smallest absolute Gasteiger partial charge is 0.194 e. The summed E-state index contributed by atoms with van der Waals surface area (Å²) in [6.07, 6.45) is 1.01. The van der Waals surface area contributed by atoms with Crippen LogP contribution in [0.3, 0.4) is 0 Å². The van der Waals surface area contributed by atoms with Crippen molar-refractivity contribution in [1.82, 2.24) is 25.0 Å². The Morgan fingerprint density at radius 1 is 1.10 bits per heavy atom. The van der Waals surface area contributed by atoms with Gasteiger partial charge in [0, 0.05) is 44.6 Å². The van der Waals surface area contributed by atoms with E-state index in [1.807, 2.05) is 29.9 Å². The van der Waals surface area contributed by atoms with Crippen molar-refractivity contribution in [2.24, 2.45) is 12.0 Å². The maximum atomic E-state index is 4.89. The van der Waals surface area contributed by atoms with Gasteiger partial charge in [-0.2, -0.15) is 0 Å². The van der Waals surface area contributed by atoms with E-state index in [4.69, 9.17) is 4.99 Å². The van der Waals surface area contributed by atoms with Gasteiger partial charge in [-0.15, -0.1) is 56.8 Å². The molecule has 0 unspecified atom stereocenters. The zero-order valence-corrected chi connectivity index (χ0v) is 21.3. The molecule has 1 aliphatic heterocycles. The van der Waals surface area contributed by atoms with Crippen molar-refractivity contribution in [3.8, 4) is 0 Å². The Morgan fingerprint density at radius 2 is 1.87 bits per heavy atom. The lowest BCUT2D eigenvalue weighted by molar-refractivity contribution is 0.372. The minimum absolute atomic E-state index is 0. The van der Waals surface area contributed by atoms with Crippen LogP contribution < -0.4 is 10.2 Å². The number of nitrogens with zero attached hydrogens (tertiary/aromatic N) is 6. The normalized spacial score (nSPS) is 14.7. The van der Waals surface area contributed by atoms with Gasteiger partial charge in [-0.05, 0) is 42.3 Å². The molecule has 4 heterocycles. The van der Waals surface area contributed by atoms with Gasteiger partial charge in [0.2, 0.25) is 0 Å². The predicted molar refractivity (Wildman–Crippen MR) is 136 cm³/mol. The Kier molecular flexibility index (Phi) is 8.51. The van der Waals surface area contributed by atoms with Crippen molar-refractivity contribution in [1.29, 1.82) is 0 Å². The molecule has 0 amide bonds. The highest BCUT2D eigenvalue weighted by atomic mass is 127. The van der Waals surface area contributed by atoms with Gasteiger partial charge in [0.05, 0.1) is 5.00 Å². The minimum Gasteiger partial charge on any atom is -0.360 e. The largest absolute Gasteiger partial charge is 0.360 e. The number of guanidine groups is 1. The molecular weight excluding hydrogens is 529 g/mol. The van der Waals surface area contributed by atoms with Gasteiger partial charge in [0.1, 0.15) is 12.4 Å². The number of nitrogens with one attached hydrogen (secondary N) is 1. The quantitative estimate of drug-likeness (QED) is 0.286. The summed E-state index contributed by atoms with van der Waals surface area (Å²) in [4.78, 5) is 11.1. The average molecular weight is 558 g/mol. The monoisotopic (exact) mass is 557 g/mol. The zero-order valence-electron chi connectivity index (χ0n) is 17.3. The molecule has 1 saturated heterocycles. The first kappa shape index (κ1) is 23.0. The van der Waals surface area contributed by atoms with Crippen molar-refractivity contribution in [2.75, 3.05) is 37.6 Å². The summed E-state index contributed by atoms with van der Waals surface area (Å²) in [5, 5.41) is 17.6. The van der Waals surface area contributed by atoms with E-state index < -0.39 is 0 Å². The molecule has 0 bridgehead atoms. The zero-order chi connectivity index (χ0) is 20.1. The maximum absolute atomic E-state index is 4.89. The summed E-state index contributed by atoms with van der Waals surface area (Å²) in [6, 6.07) is 8.61. The molecule has 1 aliphatic rings. The number of halogens is 1. The van der Waals surface area contributed by atoms with Crippen LogP contribution in [0.5, 0.6) is 0 Å². The molecule has 1 fully saturated rings. The SMILES string of the molecule is Cc1nnc(CN=C(NCCc2cccs2)N2CCN(c3cccs3)CC2)n1C.I. The number of thiophene rings is 2. The third kappa shape index (κ3) is 5.73. The number of hydrogen-bond donors (Lipinski definition) is 1. The Hall–Kier alpha value is -1.66. The minimum atomic E-state index is 0. The van der Waals surface area contributed by atoms with Crippen molar-refractivity contribution in [3.05, 3.63) is 51.6 Å². The Morgan fingerprint density at radius 3 is 2.50 bits per heavy atom. The molecule has 0 spiro atoms. The van der Waals surface area contributed by atoms with Crippen molar-refractivity contribution in [3.63, 3.8) is 0 Å². The molecule has 7 nitrogen and oxygen atoms in total. The van der Waals surface area contributed by atoms with Crippen LogP contribution in [0, 0.1) is 6.92 Å². The standard InChI is InChI=1S/C20H27N7S2.HI/c1-16-23-24-18(25(16)2)15-22-20(21-8-7-17-5-3-13-28-17)27-11-9-26(10-12-27)19-6-4-14-29-19;/h3-6,13-14H,7-12,15H2,1-2H3,(H,21,22);1H. The van der Waals surface area contributed by atoms with Gasteiger partial charge in [0.15, 0.2) is 11.8 Å². The van der Waals surface area contributed by atoms with E-state index in [2.05, 4.69) is 60.3 Å². The lowest BCUT2D eigenvalue weighted by Gasteiger charge is -2.37. The predicted octanol–water partition coefficient (Wildman–Crippen LogP) is 3.38. The van der Waals surface area contributed by atoms with Crippen LogP contribution in [0.15, 0.2) is 40.0 Å². The molecule has 3 aromatic heterocycles. The number of aromatic nitrogens is 3. The summed E-state index contributed by atoms with van der Waals surface area (Å²) in [5.74, 6) is 2.76. The molecule has 0 radical (unpaired) electrons. The highest BCUT2D eigenvalue weighted by molar-refractivity contribution is 14.0. The number of aliphatic imine (C=N–C) groups is 1. The molecule has 0 aromatic carbocycles. The topological polar surface area (TPSA) is 61.6 Å². The second-order valence-corrected chi connectivity index (χ2v) is 9.00. The van der Waals surface area contributed by atoms with Crippen molar-refractivity contribution < 1.29 is 0 Å². The molecule has 4 rings (SSSR count). The third-order valence-electron chi connectivity index (χ3n) is 5.18. The Balaban J connectivity index is 0.00000256. The Labute approximate surface area is 202 Å². The van der Waals surface area contributed by atoms with E-state index >= 15 is 0 Å². The molecule has 0 atom stereocenters. The Bertz CT molecular complexity index is 913. The van der Waals surface area contributed by atoms with Crippen LogP contribution in [-0.4, -0.2) is 58.3 Å². The van der Waals surface area contributed by atoms with Gasteiger partial charge < -0.3 is 19.7 Å². The number of anilines is 1. The first-order chi connectivity index (χ1) is 14.2. The van der Waals surface area contributed by atoms with Crippen LogP contribution in [0.2, 0.25) is 0 Å². The highest BCUT2D eigenvalue weighted by Gasteiger charge is 2.20. The van der Waals surface area contributed by atoms with Gasteiger partial charge in [-0.25, -0.2) is 4.99 Å². The summed E-state index contributed by atoms with van der Waals surface area (Å²) >= 11 is 3.61. The summed E-state index contributed by atoms with van der Waals surface area (Å²) in [6.45, 7) is 7.31. The molecule has 162 valence electrons. The highest BCUT2D eigenvalue weighted by Crippen LogP contribution is 2.22. The van der Waals surface area contributed by atoms with E-state index in [0.717, 1.165) is 56.8 Å². The summed E-state index contributed by atoms with van der Waals surface area (Å²) in [7, 11) is 1.99. The van der Waals surface area contributed by atoms with Gasteiger partial charge in [0.25, 0.3) is 0 Å². The molecule has 10 heteroatoms. The molecule has 30 heavy (non-hydrogen) atoms. The average Bonchev–Trinajstić information content (AvgIpc) is 3.50. The van der Waals surface area contributed by atoms with Crippen LogP contribution in [-0.2, 0) is 20.0 Å². The van der Waals surface area contributed by atoms with Gasteiger partial charge in [-0.1, -0.05) is 6.07 Å². The van der Waals surface area contributed by atoms with Crippen LogP contribution >= 0.6 is 46.7 Å². The summed E-state index contributed by atoms with van der Waals surface area (Å²) < 4.78 is 2.00. The van der Waals surface area contributed by atoms with Gasteiger partial charge in [-0.3, -0.25) is 0 Å². The van der Waals surface area contributed by atoms with Crippen LogP contribution in [0.1, 0.15) is 16.5 Å². The fraction of sp³-hybridized carbons (Fsp3) is 0.450. The van der Waals surface area contributed by atoms with E-state index in [-0.39, 0.29) is 24.0 Å². The maximum Gasteiger partial charge on any atom is 0.194 e. The van der Waals surface area contributed by atoms with E-state index in [0.29, 0.717) is 6.54 Å². The van der Waals surface area contributed by atoms with E-state index in [9.17, 15) is 0 Å². The lowest BCUT2D eigenvalue weighted by atomic mass is 10.3. The van der Waals surface area contributed by atoms with Crippen LogP contribution in [0.25, 0.3) is 0 Å². The molecular formula is C20H28IN7S2. The number of aryl methyl sites for hydroxylation is 1. The lowest BCUT2D eigenvalue weighted by Crippen LogP contribution is -2.52. The van der Waals surface area contributed by atoms with Gasteiger partial charge >= 0.3 is 0 Å². The third-order valence-corrected chi connectivity index (χ3v) is 7.05. The second-order valence-electron chi connectivity index (χ2n) is 7.04. The number of hydrogen-bond acceptors (Lipinski definition) is 6. The second kappa shape index (κ2) is 11.1.